The van der Waals surface area contributed by atoms with E-state index >= 15 is 0 Å². The summed E-state index contributed by atoms with van der Waals surface area (Å²) in [6.07, 6.45) is 6.27. The molecule has 5 nitrogen and oxygen atoms in total. The van der Waals surface area contributed by atoms with Gasteiger partial charge in [0.15, 0.2) is 0 Å². The van der Waals surface area contributed by atoms with Crippen LogP contribution in [-0.2, 0) is 9.59 Å². The van der Waals surface area contributed by atoms with Crippen molar-refractivity contribution in [2.45, 2.75) is 51.9 Å². The Morgan fingerprint density at radius 3 is 2.10 bits per heavy atom. The summed E-state index contributed by atoms with van der Waals surface area (Å²) < 4.78 is 0. The Morgan fingerprint density at radius 1 is 0.900 bits per heavy atom. The molecule has 0 saturated carbocycles. The lowest BCUT2D eigenvalue weighted by Crippen LogP contribution is -2.37. The maximum absolute atomic E-state index is 12.1. The van der Waals surface area contributed by atoms with Crippen LogP contribution in [0.3, 0.4) is 0 Å². The molecular formula is C15H29N3O2. The van der Waals surface area contributed by atoms with Crippen LogP contribution in [0.5, 0.6) is 0 Å². The SMILES string of the molecule is CCC(=O)N1CCCN(C(=O)CCCCCCN)CC1. The van der Waals surface area contributed by atoms with Crippen molar-refractivity contribution in [3.05, 3.63) is 0 Å². The van der Waals surface area contributed by atoms with E-state index in [0.717, 1.165) is 51.7 Å². The Hall–Kier alpha value is -1.10. The Morgan fingerprint density at radius 2 is 1.50 bits per heavy atom. The number of carbonyl (C=O) groups is 2. The fourth-order valence-electron chi connectivity index (χ4n) is 2.57. The molecule has 20 heavy (non-hydrogen) atoms. The molecule has 1 aliphatic heterocycles. The highest BCUT2D eigenvalue weighted by atomic mass is 16.2. The van der Waals surface area contributed by atoms with Gasteiger partial charge in [0.1, 0.15) is 0 Å². The minimum atomic E-state index is 0.195. The summed E-state index contributed by atoms with van der Waals surface area (Å²) in [5.74, 6) is 0.435. The van der Waals surface area contributed by atoms with Gasteiger partial charge >= 0.3 is 0 Å². The van der Waals surface area contributed by atoms with E-state index in [2.05, 4.69) is 0 Å². The van der Waals surface area contributed by atoms with E-state index in [1.165, 1.54) is 0 Å². The number of rotatable bonds is 7. The van der Waals surface area contributed by atoms with Gasteiger partial charge in [0.2, 0.25) is 11.8 Å². The van der Waals surface area contributed by atoms with E-state index in [4.69, 9.17) is 5.73 Å². The monoisotopic (exact) mass is 283 g/mol. The van der Waals surface area contributed by atoms with Gasteiger partial charge < -0.3 is 15.5 Å². The first-order chi connectivity index (χ1) is 9.69. The first-order valence-corrected chi connectivity index (χ1v) is 7.94. The average molecular weight is 283 g/mol. The standard InChI is InChI=1S/C15H29N3O2/c1-2-14(19)17-10-7-11-18(13-12-17)15(20)8-5-3-4-6-9-16/h2-13,16H2,1H3. The summed E-state index contributed by atoms with van der Waals surface area (Å²) in [5, 5.41) is 0. The third-order valence-corrected chi connectivity index (χ3v) is 3.85. The minimum absolute atomic E-state index is 0.195. The van der Waals surface area contributed by atoms with E-state index in [9.17, 15) is 9.59 Å². The van der Waals surface area contributed by atoms with Gasteiger partial charge in [0.05, 0.1) is 0 Å². The zero-order valence-electron chi connectivity index (χ0n) is 12.8. The van der Waals surface area contributed by atoms with E-state index in [-0.39, 0.29) is 11.8 Å². The smallest absolute Gasteiger partial charge is 0.222 e. The molecule has 0 aliphatic carbocycles. The second-order valence-corrected chi connectivity index (χ2v) is 5.42. The van der Waals surface area contributed by atoms with Crippen LogP contribution in [0.1, 0.15) is 51.9 Å². The molecule has 2 amide bonds. The van der Waals surface area contributed by atoms with Gasteiger partial charge in [-0.25, -0.2) is 0 Å². The Bertz CT molecular complexity index is 307. The summed E-state index contributed by atoms with van der Waals surface area (Å²) in [4.78, 5) is 27.6. The van der Waals surface area contributed by atoms with Crippen LogP contribution in [0.15, 0.2) is 0 Å². The van der Waals surface area contributed by atoms with Gasteiger partial charge in [0.25, 0.3) is 0 Å². The van der Waals surface area contributed by atoms with Gasteiger partial charge in [-0.1, -0.05) is 19.8 Å². The van der Waals surface area contributed by atoms with Crippen LogP contribution >= 0.6 is 0 Å². The largest absolute Gasteiger partial charge is 0.341 e. The van der Waals surface area contributed by atoms with Gasteiger partial charge in [-0.15, -0.1) is 0 Å². The average Bonchev–Trinajstić information content (AvgIpc) is 2.72. The van der Waals surface area contributed by atoms with Crippen molar-refractivity contribution in [2.24, 2.45) is 5.73 Å². The molecule has 0 spiro atoms. The Kier molecular flexibility index (Phi) is 8.26. The van der Waals surface area contributed by atoms with Crippen molar-refractivity contribution in [3.8, 4) is 0 Å². The van der Waals surface area contributed by atoms with Crippen molar-refractivity contribution < 1.29 is 9.59 Å². The first kappa shape index (κ1) is 17.0. The van der Waals surface area contributed by atoms with Crippen molar-refractivity contribution >= 4 is 11.8 Å². The summed E-state index contributed by atoms with van der Waals surface area (Å²) in [6, 6.07) is 0. The molecule has 0 bridgehead atoms. The predicted octanol–water partition coefficient (Wildman–Crippen LogP) is 1.37. The number of carbonyl (C=O) groups excluding carboxylic acids is 2. The maximum Gasteiger partial charge on any atom is 0.222 e. The molecule has 0 radical (unpaired) electrons. The van der Waals surface area contributed by atoms with Gasteiger partial charge in [-0.3, -0.25) is 9.59 Å². The highest BCUT2D eigenvalue weighted by Crippen LogP contribution is 2.09. The Labute approximate surface area is 122 Å². The summed E-state index contributed by atoms with van der Waals surface area (Å²) in [7, 11) is 0. The third kappa shape index (κ3) is 5.90. The molecule has 0 aromatic heterocycles. The molecule has 1 saturated heterocycles. The molecular weight excluding hydrogens is 254 g/mol. The molecule has 2 N–H and O–H groups in total. The molecule has 1 aliphatic rings. The van der Waals surface area contributed by atoms with E-state index < -0.39 is 0 Å². The molecule has 0 aromatic carbocycles. The Balaban J connectivity index is 2.26. The number of hydrogen-bond donors (Lipinski definition) is 1. The molecule has 1 rings (SSSR count). The van der Waals surface area contributed by atoms with E-state index in [1.807, 2.05) is 16.7 Å². The lowest BCUT2D eigenvalue weighted by atomic mass is 10.1. The fourth-order valence-corrected chi connectivity index (χ4v) is 2.57. The molecule has 116 valence electrons. The highest BCUT2D eigenvalue weighted by Gasteiger charge is 2.20. The van der Waals surface area contributed by atoms with Crippen LogP contribution < -0.4 is 5.73 Å². The quantitative estimate of drug-likeness (QED) is 0.718. The van der Waals surface area contributed by atoms with Crippen LogP contribution in [0.2, 0.25) is 0 Å². The van der Waals surface area contributed by atoms with Gasteiger partial charge in [-0.05, 0) is 25.8 Å². The number of nitrogens with two attached hydrogens (primary N) is 1. The lowest BCUT2D eigenvalue weighted by Gasteiger charge is -2.22. The number of nitrogens with zero attached hydrogens (tertiary/aromatic N) is 2. The second-order valence-electron chi connectivity index (χ2n) is 5.42. The van der Waals surface area contributed by atoms with Crippen molar-refractivity contribution in [1.29, 1.82) is 0 Å². The maximum atomic E-state index is 12.1. The van der Waals surface area contributed by atoms with Gasteiger partial charge in [-0.2, -0.15) is 0 Å². The highest BCUT2D eigenvalue weighted by molar-refractivity contribution is 5.77. The first-order valence-electron chi connectivity index (χ1n) is 7.94. The fraction of sp³-hybridized carbons (Fsp3) is 0.867. The molecule has 1 fully saturated rings. The van der Waals surface area contributed by atoms with Crippen LogP contribution in [-0.4, -0.2) is 54.3 Å². The van der Waals surface area contributed by atoms with Crippen LogP contribution in [0.4, 0.5) is 0 Å². The number of hydrogen-bond acceptors (Lipinski definition) is 3. The molecule has 0 atom stereocenters. The summed E-state index contributed by atoms with van der Waals surface area (Å²) in [5.41, 5.74) is 5.45. The van der Waals surface area contributed by atoms with Gasteiger partial charge in [0, 0.05) is 39.0 Å². The number of unbranched alkanes of at least 4 members (excludes halogenated alkanes) is 3. The topological polar surface area (TPSA) is 66.6 Å². The van der Waals surface area contributed by atoms with E-state index in [0.29, 0.717) is 25.9 Å². The zero-order valence-corrected chi connectivity index (χ0v) is 12.8. The molecule has 0 unspecified atom stereocenters. The zero-order chi connectivity index (χ0) is 14.8. The van der Waals surface area contributed by atoms with Crippen LogP contribution in [0, 0.1) is 0 Å². The van der Waals surface area contributed by atoms with Crippen molar-refractivity contribution in [3.63, 3.8) is 0 Å². The summed E-state index contributed by atoms with van der Waals surface area (Å²) >= 11 is 0. The normalized spacial score (nSPS) is 16.1. The van der Waals surface area contributed by atoms with Crippen molar-refractivity contribution in [2.75, 3.05) is 32.7 Å². The minimum Gasteiger partial charge on any atom is -0.341 e. The van der Waals surface area contributed by atoms with Crippen LogP contribution in [0.25, 0.3) is 0 Å². The van der Waals surface area contributed by atoms with Crippen molar-refractivity contribution in [1.82, 2.24) is 9.80 Å². The van der Waals surface area contributed by atoms with E-state index in [1.54, 1.807) is 0 Å². The number of amides is 2. The lowest BCUT2D eigenvalue weighted by molar-refractivity contribution is -0.133. The molecule has 1 heterocycles. The third-order valence-electron chi connectivity index (χ3n) is 3.85. The predicted molar refractivity (Wildman–Crippen MR) is 80.2 cm³/mol. The molecule has 5 heteroatoms. The second kappa shape index (κ2) is 9.75. The molecule has 0 aromatic rings. The summed E-state index contributed by atoms with van der Waals surface area (Å²) in [6.45, 7) is 5.57.